The van der Waals surface area contributed by atoms with Crippen LogP contribution in [0.1, 0.15) is 26.7 Å². The molecule has 0 bridgehead atoms. The van der Waals surface area contributed by atoms with E-state index in [0.29, 0.717) is 0 Å². The van der Waals surface area contributed by atoms with Gasteiger partial charge in [0.25, 0.3) is 0 Å². The highest BCUT2D eigenvalue weighted by atomic mass is 16.1. The van der Waals surface area contributed by atoms with Gasteiger partial charge in [-0.25, -0.2) is 0 Å². The van der Waals surface area contributed by atoms with Gasteiger partial charge in [-0.2, -0.15) is 0 Å². The van der Waals surface area contributed by atoms with E-state index in [1.54, 1.807) is 17.1 Å². The molecule has 0 aliphatic carbocycles. The molecule has 1 heterocycles. The molecule has 0 atom stereocenters. The molecular formula is C12H19NO. The second-order valence-corrected chi connectivity index (χ2v) is 2.72. The van der Waals surface area contributed by atoms with Crippen LogP contribution in [-0.2, 0) is 4.79 Å². The predicted octanol–water partition coefficient (Wildman–Crippen LogP) is 2.89. The molecule has 0 N–H and O–H groups in total. The maximum atomic E-state index is 10.6. The molecule has 0 unspecified atom stereocenters. The normalized spacial score (nSPS) is 15.4. The van der Waals surface area contributed by atoms with Crippen molar-refractivity contribution in [2.75, 3.05) is 6.54 Å². The highest BCUT2D eigenvalue weighted by molar-refractivity contribution is 5.55. The van der Waals surface area contributed by atoms with Gasteiger partial charge in [0.15, 0.2) is 0 Å². The molecule has 0 aromatic carbocycles. The zero-order valence-electron chi connectivity index (χ0n) is 9.12. The first kappa shape index (κ1) is 12.7. The summed E-state index contributed by atoms with van der Waals surface area (Å²) in [7, 11) is 0. The number of carbonyl (C=O) groups excluding carboxylic acids is 1. The van der Waals surface area contributed by atoms with Crippen molar-refractivity contribution in [2.45, 2.75) is 26.7 Å². The van der Waals surface area contributed by atoms with Crippen LogP contribution in [0.3, 0.4) is 0 Å². The third-order valence-corrected chi connectivity index (χ3v) is 2.05. The third kappa shape index (κ3) is 2.87. The average Bonchev–Trinajstić information content (AvgIpc) is 2.30. The molecule has 0 aromatic rings. The summed E-state index contributed by atoms with van der Waals surface area (Å²) in [6.45, 7) is 12.2. The van der Waals surface area contributed by atoms with Gasteiger partial charge in [0.05, 0.1) is 0 Å². The second-order valence-electron chi connectivity index (χ2n) is 2.72. The summed E-state index contributed by atoms with van der Waals surface area (Å²) in [5.74, 6) is 0. The summed E-state index contributed by atoms with van der Waals surface area (Å²) in [4.78, 5) is 12.3. The number of hydrogen-bond donors (Lipinski definition) is 0. The van der Waals surface area contributed by atoms with Gasteiger partial charge >= 0.3 is 0 Å². The van der Waals surface area contributed by atoms with Crippen LogP contribution in [-0.4, -0.2) is 17.9 Å². The first-order valence-electron chi connectivity index (χ1n) is 5.03. The molecule has 78 valence electrons. The van der Waals surface area contributed by atoms with Gasteiger partial charge in [-0.15, -0.1) is 0 Å². The number of nitrogens with zero attached hydrogens (tertiary/aromatic N) is 1. The number of allylic oxidation sites excluding steroid dienone is 3. The fraction of sp³-hybridized carbons (Fsp3) is 0.417. The molecule has 1 amide bonds. The SMILES string of the molecule is C=CC1=C(C=C)N(C=O)CCC1.CC. The predicted molar refractivity (Wildman–Crippen MR) is 60.8 cm³/mol. The van der Waals surface area contributed by atoms with Crippen molar-refractivity contribution in [1.29, 1.82) is 0 Å². The Labute approximate surface area is 86.6 Å². The first-order chi connectivity index (χ1) is 6.83. The van der Waals surface area contributed by atoms with Gasteiger partial charge in [0.1, 0.15) is 0 Å². The van der Waals surface area contributed by atoms with E-state index in [9.17, 15) is 4.79 Å². The Morgan fingerprint density at radius 1 is 1.29 bits per heavy atom. The van der Waals surface area contributed by atoms with E-state index in [4.69, 9.17) is 0 Å². The van der Waals surface area contributed by atoms with Crippen LogP contribution in [0.4, 0.5) is 0 Å². The lowest BCUT2D eigenvalue weighted by Crippen LogP contribution is -2.26. The molecule has 0 saturated carbocycles. The van der Waals surface area contributed by atoms with Crippen molar-refractivity contribution >= 4 is 6.41 Å². The van der Waals surface area contributed by atoms with Gasteiger partial charge in [-0.1, -0.05) is 33.1 Å². The molecule has 2 nitrogen and oxygen atoms in total. The summed E-state index contributed by atoms with van der Waals surface area (Å²) >= 11 is 0. The smallest absolute Gasteiger partial charge is 0.214 e. The molecule has 2 heteroatoms. The Hall–Kier alpha value is -1.31. The molecule has 1 rings (SSSR count). The molecule has 0 fully saturated rings. The second kappa shape index (κ2) is 7.13. The van der Waals surface area contributed by atoms with Crippen molar-refractivity contribution in [3.63, 3.8) is 0 Å². The van der Waals surface area contributed by atoms with E-state index in [1.807, 2.05) is 13.8 Å². The molecule has 1 aliphatic heterocycles. The maximum absolute atomic E-state index is 10.6. The summed E-state index contributed by atoms with van der Waals surface area (Å²) in [6, 6.07) is 0. The maximum Gasteiger partial charge on any atom is 0.214 e. The average molecular weight is 193 g/mol. The Morgan fingerprint density at radius 2 is 1.93 bits per heavy atom. The summed E-state index contributed by atoms with van der Waals surface area (Å²) in [5.41, 5.74) is 2.02. The zero-order chi connectivity index (χ0) is 11.0. The molecule has 1 aliphatic rings. The third-order valence-electron chi connectivity index (χ3n) is 2.05. The lowest BCUT2D eigenvalue weighted by Gasteiger charge is -2.25. The summed E-state index contributed by atoms with van der Waals surface area (Å²) in [6.07, 6.45) is 6.36. The van der Waals surface area contributed by atoms with Gasteiger partial charge in [-0.05, 0) is 24.5 Å². The van der Waals surface area contributed by atoms with Crippen LogP contribution in [0.2, 0.25) is 0 Å². The van der Waals surface area contributed by atoms with E-state index in [0.717, 1.165) is 37.1 Å². The Kier molecular flexibility index (Phi) is 6.46. The highest BCUT2D eigenvalue weighted by Crippen LogP contribution is 2.21. The van der Waals surface area contributed by atoms with Crippen LogP contribution >= 0.6 is 0 Å². The van der Waals surface area contributed by atoms with Crippen LogP contribution < -0.4 is 0 Å². The van der Waals surface area contributed by atoms with E-state index >= 15 is 0 Å². The molecule has 0 radical (unpaired) electrons. The minimum Gasteiger partial charge on any atom is -0.315 e. The zero-order valence-corrected chi connectivity index (χ0v) is 9.12. The number of rotatable bonds is 3. The fourth-order valence-corrected chi connectivity index (χ4v) is 1.44. The lowest BCUT2D eigenvalue weighted by atomic mass is 10.0. The lowest BCUT2D eigenvalue weighted by molar-refractivity contribution is -0.116. The van der Waals surface area contributed by atoms with E-state index < -0.39 is 0 Å². The van der Waals surface area contributed by atoms with E-state index in [2.05, 4.69) is 13.2 Å². The van der Waals surface area contributed by atoms with Gasteiger partial charge in [-0.3, -0.25) is 4.79 Å². The monoisotopic (exact) mass is 193 g/mol. The quantitative estimate of drug-likeness (QED) is 0.631. The Balaban J connectivity index is 0.000000791. The van der Waals surface area contributed by atoms with Gasteiger partial charge in [0, 0.05) is 12.2 Å². The fourth-order valence-electron chi connectivity index (χ4n) is 1.44. The topological polar surface area (TPSA) is 20.3 Å². The van der Waals surface area contributed by atoms with Crippen LogP contribution in [0.5, 0.6) is 0 Å². The molecule has 14 heavy (non-hydrogen) atoms. The van der Waals surface area contributed by atoms with Crippen LogP contribution in [0, 0.1) is 0 Å². The van der Waals surface area contributed by atoms with Gasteiger partial charge in [0.2, 0.25) is 6.41 Å². The minimum absolute atomic E-state index is 0.794. The Morgan fingerprint density at radius 3 is 2.36 bits per heavy atom. The van der Waals surface area contributed by atoms with Crippen LogP contribution in [0.15, 0.2) is 36.6 Å². The minimum atomic E-state index is 0.794. The van der Waals surface area contributed by atoms with E-state index in [1.165, 1.54) is 0 Å². The van der Waals surface area contributed by atoms with Crippen molar-refractivity contribution in [3.8, 4) is 0 Å². The number of carbonyl (C=O) groups is 1. The van der Waals surface area contributed by atoms with Crippen molar-refractivity contribution in [2.24, 2.45) is 0 Å². The van der Waals surface area contributed by atoms with Crippen LogP contribution in [0.25, 0.3) is 0 Å². The van der Waals surface area contributed by atoms with Crippen molar-refractivity contribution in [1.82, 2.24) is 4.90 Å². The molecule has 0 spiro atoms. The highest BCUT2D eigenvalue weighted by Gasteiger charge is 2.14. The molecule has 0 aromatic heterocycles. The summed E-state index contributed by atoms with van der Waals surface area (Å²) < 4.78 is 0. The summed E-state index contributed by atoms with van der Waals surface area (Å²) in [5, 5.41) is 0. The standard InChI is InChI=1S/C10H13NO.C2H6/c1-3-9-6-5-7-11(8-12)10(9)4-2;1-2/h3-4,8H,1-2,5-7H2;1-2H3. The largest absolute Gasteiger partial charge is 0.315 e. The molecular weight excluding hydrogens is 174 g/mol. The molecule has 0 saturated heterocycles. The number of amides is 1. The van der Waals surface area contributed by atoms with Crippen molar-refractivity contribution < 1.29 is 4.79 Å². The first-order valence-corrected chi connectivity index (χ1v) is 5.03. The number of hydrogen-bond acceptors (Lipinski definition) is 1. The van der Waals surface area contributed by atoms with E-state index in [-0.39, 0.29) is 0 Å². The van der Waals surface area contributed by atoms with Gasteiger partial charge < -0.3 is 4.90 Å². The Bertz CT molecular complexity index is 241. The van der Waals surface area contributed by atoms with Crippen molar-refractivity contribution in [3.05, 3.63) is 36.6 Å².